The number of hydrogen-bond donors (Lipinski definition) is 1. The molecule has 3 amide bonds. The third-order valence-electron chi connectivity index (χ3n) is 4.89. The molecule has 1 fully saturated rings. The SMILES string of the molecule is CCCCN1C(=O)c2ccc(C(=O)N[C@@]3(C)CCS(=O)(=O)C3)cc2C1=O. The Bertz CT molecular complexity index is 893. The molecule has 0 bridgehead atoms. The molecule has 7 nitrogen and oxygen atoms in total. The molecule has 1 aromatic carbocycles. The summed E-state index contributed by atoms with van der Waals surface area (Å²) in [6, 6.07) is 4.41. The molecule has 2 heterocycles. The van der Waals surface area contributed by atoms with Crippen LogP contribution in [0, 0.1) is 0 Å². The zero-order valence-electron chi connectivity index (χ0n) is 14.9. The van der Waals surface area contributed by atoms with E-state index in [9.17, 15) is 22.8 Å². The molecule has 0 aliphatic carbocycles. The molecule has 140 valence electrons. The Morgan fingerprint density at radius 3 is 2.54 bits per heavy atom. The van der Waals surface area contributed by atoms with Gasteiger partial charge in [-0.1, -0.05) is 13.3 Å². The topological polar surface area (TPSA) is 101 Å². The second-order valence-electron chi connectivity index (χ2n) is 7.23. The summed E-state index contributed by atoms with van der Waals surface area (Å²) < 4.78 is 23.4. The Labute approximate surface area is 152 Å². The first-order valence-electron chi connectivity index (χ1n) is 8.69. The lowest BCUT2D eigenvalue weighted by molar-refractivity contribution is 0.0652. The van der Waals surface area contributed by atoms with E-state index < -0.39 is 21.3 Å². The normalized spacial score (nSPS) is 24.0. The first kappa shape index (κ1) is 18.6. The van der Waals surface area contributed by atoms with Gasteiger partial charge in [0.1, 0.15) is 0 Å². The van der Waals surface area contributed by atoms with Crippen LogP contribution in [0.25, 0.3) is 0 Å². The smallest absolute Gasteiger partial charge is 0.261 e. The Hall–Kier alpha value is -2.22. The van der Waals surface area contributed by atoms with E-state index in [-0.39, 0.29) is 34.4 Å². The van der Waals surface area contributed by atoms with E-state index in [1.54, 1.807) is 6.92 Å². The fraction of sp³-hybridized carbons (Fsp3) is 0.500. The minimum absolute atomic E-state index is 0.0490. The lowest BCUT2D eigenvalue weighted by Crippen LogP contribution is -2.46. The van der Waals surface area contributed by atoms with Crippen LogP contribution in [0.4, 0.5) is 0 Å². The Kier molecular flexibility index (Phi) is 4.64. The Balaban J connectivity index is 1.80. The number of nitrogens with one attached hydrogen (secondary N) is 1. The van der Waals surface area contributed by atoms with Crippen LogP contribution in [0.15, 0.2) is 18.2 Å². The summed E-state index contributed by atoms with van der Waals surface area (Å²) in [4.78, 5) is 38.6. The predicted octanol–water partition coefficient (Wildman–Crippen LogP) is 1.39. The van der Waals surface area contributed by atoms with Gasteiger partial charge in [0.25, 0.3) is 17.7 Å². The van der Waals surface area contributed by atoms with E-state index in [1.165, 1.54) is 23.1 Å². The number of sulfone groups is 1. The molecule has 0 saturated carbocycles. The predicted molar refractivity (Wildman–Crippen MR) is 95.9 cm³/mol. The molecule has 0 radical (unpaired) electrons. The van der Waals surface area contributed by atoms with Gasteiger partial charge in [-0.2, -0.15) is 0 Å². The molecular weight excluding hydrogens is 356 g/mol. The molecular formula is C18H22N2O5S. The fourth-order valence-corrected chi connectivity index (χ4v) is 5.50. The number of benzene rings is 1. The van der Waals surface area contributed by atoms with Crippen molar-refractivity contribution in [2.24, 2.45) is 0 Å². The molecule has 3 rings (SSSR count). The number of carbonyl (C=O) groups is 3. The summed E-state index contributed by atoms with van der Waals surface area (Å²) in [6.45, 7) is 4.04. The molecule has 1 saturated heterocycles. The molecule has 2 aliphatic heterocycles. The molecule has 0 spiro atoms. The van der Waals surface area contributed by atoms with E-state index >= 15 is 0 Å². The number of nitrogens with zero attached hydrogens (tertiary/aromatic N) is 1. The fourth-order valence-electron chi connectivity index (χ4n) is 3.41. The third kappa shape index (κ3) is 3.38. The zero-order valence-corrected chi connectivity index (χ0v) is 15.7. The summed E-state index contributed by atoms with van der Waals surface area (Å²) in [5, 5.41) is 2.76. The number of carbonyl (C=O) groups excluding carboxylic acids is 3. The van der Waals surface area contributed by atoms with Crippen molar-refractivity contribution in [3.8, 4) is 0 Å². The monoisotopic (exact) mass is 378 g/mol. The summed E-state index contributed by atoms with van der Waals surface area (Å²) >= 11 is 0. The lowest BCUT2D eigenvalue weighted by atomic mass is 10.00. The van der Waals surface area contributed by atoms with Crippen LogP contribution in [0.1, 0.15) is 64.2 Å². The van der Waals surface area contributed by atoms with Crippen LogP contribution < -0.4 is 5.32 Å². The molecule has 1 aromatic rings. The highest BCUT2D eigenvalue weighted by Gasteiger charge is 2.40. The van der Waals surface area contributed by atoms with Crippen molar-refractivity contribution in [3.63, 3.8) is 0 Å². The average Bonchev–Trinajstić information content (AvgIpc) is 2.99. The van der Waals surface area contributed by atoms with E-state index in [1.807, 2.05) is 6.92 Å². The molecule has 2 aliphatic rings. The molecule has 0 unspecified atom stereocenters. The number of fused-ring (bicyclic) bond motifs is 1. The standard InChI is InChI=1S/C18H22N2O5S/c1-3-4-8-20-16(22)13-6-5-12(10-14(13)17(20)23)15(21)19-18(2)7-9-26(24,25)11-18/h5-6,10H,3-4,7-9,11H2,1-2H3,(H,19,21)/t18-/m0/s1. The maximum atomic E-state index is 12.5. The average molecular weight is 378 g/mol. The van der Waals surface area contributed by atoms with Crippen molar-refractivity contribution < 1.29 is 22.8 Å². The minimum atomic E-state index is -3.14. The molecule has 26 heavy (non-hydrogen) atoms. The van der Waals surface area contributed by atoms with Crippen molar-refractivity contribution in [2.75, 3.05) is 18.1 Å². The molecule has 8 heteroatoms. The van der Waals surface area contributed by atoms with E-state index in [4.69, 9.17) is 0 Å². The van der Waals surface area contributed by atoms with Crippen LogP contribution in [-0.4, -0.2) is 54.6 Å². The Morgan fingerprint density at radius 2 is 1.92 bits per heavy atom. The van der Waals surface area contributed by atoms with Crippen molar-refractivity contribution in [2.45, 2.75) is 38.6 Å². The Morgan fingerprint density at radius 1 is 1.23 bits per heavy atom. The summed E-state index contributed by atoms with van der Waals surface area (Å²) in [6.07, 6.45) is 1.95. The van der Waals surface area contributed by atoms with Gasteiger partial charge in [-0.25, -0.2) is 8.42 Å². The van der Waals surface area contributed by atoms with Gasteiger partial charge in [0, 0.05) is 12.1 Å². The highest BCUT2D eigenvalue weighted by molar-refractivity contribution is 7.91. The summed E-state index contributed by atoms with van der Waals surface area (Å²) in [5.41, 5.74) is -0.0462. The first-order valence-corrected chi connectivity index (χ1v) is 10.5. The lowest BCUT2D eigenvalue weighted by Gasteiger charge is -2.23. The van der Waals surface area contributed by atoms with E-state index in [0.717, 1.165) is 12.8 Å². The van der Waals surface area contributed by atoms with Crippen LogP contribution in [-0.2, 0) is 9.84 Å². The quantitative estimate of drug-likeness (QED) is 0.781. The maximum absolute atomic E-state index is 12.5. The van der Waals surface area contributed by atoms with Crippen molar-refractivity contribution >= 4 is 27.6 Å². The van der Waals surface area contributed by atoms with Crippen molar-refractivity contribution in [1.82, 2.24) is 10.2 Å². The second kappa shape index (κ2) is 6.50. The van der Waals surface area contributed by atoms with Crippen LogP contribution in [0.3, 0.4) is 0 Å². The van der Waals surface area contributed by atoms with Crippen LogP contribution in [0.5, 0.6) is 0 Å². The van der Waals surface area contributed by atoms with Gasteiger partial charge in [0.15, 0.2) is 9.84 Å². The van der Waals surface area contributed by atoms with Gasteiger partial charge in [-0.15, -0.1) is 0 Å². The highest BCUT2D eigenvalue weighted by atomic mass is 32.2. The van der Waals surface area contributed by atoms with Gasteiger partial charge in [0.2, 0.25) is 0 Å². The molecule has 1 atom stereocenters. The number of hydrogen-bond acceptors (Lipinski definition) is 5. The summed E-state index contributed by atoms with van der Waals surface area (Å²) in [7, 11) is -3.14. The number of rotatable bonds is 5. The van der Waals surface area contributed by atoms with E-state index in [0.29, 0.717) is 18.5 Å². The van der Waals surface area contributed by atoms with E-state index in [2.05, 4.69) is 5.32 Å². The van der Waals surface area contributed by atoms with Crippen molar-refractivity contribution in [1.29, 1.82) is 0 Å². The van der Waals surface area contributed by atoms with Crippen LogP contribution >= 0.6 is 0 Å². The number of unbranched alkanes of at least 4 members (excludes halogenated alkanes) is 1. The molecule has 1 N–H and O–H groups in total. The van der Waals surface area contributed by atoms with Crippen LogP contribution in [0.2, 0.25) is 0 Å². The second-order valence-corrected chi connectivity index (χ2v) is 9.42. The molecule has 0 aromatic heterocycles. The minimum Gasteiger partial charge on any atom is -0.346 e. The van der Waals surface area contributed by atoms with Gasteiger partial charge < -0.3 is 5.32 Å². The van der Waals surface area contributed by atoms with Gasteiger partial charge in [0.05, 0.1) is 28.2 Å². The largest absolute Gasteiger partial charge is 0.346 e. The zero-order chi connectivity index (χ0) is 19.1. The van der Waals surface area contributed by atoms with Gasteiger partial charge in [-0.3, -0.25) is 19.3 Å². The summed E-state index contributed by atoms with van der Waals surface area (Å²) in [5.74, 6) is -1.21. The van der Waals surface area contributed by atoms with Gasteiger partial charge in [-0.05, 0) is 38.0 Å². The number of imide groups is 1. The van der Waals surface area contributed by atoms with Crippen molar-refractivity contribution in [3.05, 3.63) is 34.9 Å². The number of amides is 3. The highest BCUT2D eigenvalue weighted by Crippen LogP contribution is 2.26. The maximum Gasteiger partial charge on any atom is 0.261 e. The first-order chi connectivity index (χ1) is 12.2. The van der Waals surface area contributed by atoms with Gasteiger partial charge >= 0.3 is 0 Å². The third-order valence-corrected chi connectivity index (χ3v) is 6.79.